The van der Waals surface area contributed by atoms with Gasteiger partial charge in [-0.05, 0) is 30.7 Å². The van der Waals surface area contributed by atoms with Crippen molar-refractivity contribution in [2.24, 2.45) is 23.7 Å². The summed E-state index contributed by atoms with van der Waals surface area (Å²) in [6.07, 6.45) is 0. The van der Waals surface area contributed by atoms with Crippen molar-refractivity contribution in [3.8, 4) is 0 Å². The van der Waals surface area contributed by atoms with Gasteiger partial charge in [-0.25, -0.2) is 0 Å². The zero-order valence-corrected chi connectivity index (χ0v) is 8.99. The van der Waals surface area contributed by atoms with Gasteiger partial charge in [0.15, 0.2) is 0 Å². The molecular formula is C11H21NO. The standard InChI is InChI=1S/C11H21NO/c1-8(2)11-9-4-12(3)5-10(11)7-13-6-9/h8-11H,4-7H2,1-3H3/t9-,10?,11?/m0/s1. The average molecular weight is 183 g/mol. The SMILES string of the molecule is CC(C)C1C2COC[C@@H]1CN(C)C2. The molecule has 2 bridgehead atoms. The minimum absolute atomic E-state index is 0.789. The second kappa shape index (κ2) is 3.58. The Labute approximate surface area is 81.3 Å². The van der Waals surface area contributed by atoms with E-state index in [1.54, 1.807) is 0 Å². The second-order valence-electron chi connectivity index (χ2n) is 5.10. The van der Waals surface area contributed by atoms with Crippen LogP contribution in [0.2, 0.25) is 0 Å². The van der Waals surface area contributed by atoms with E-state index in [4.69, 9.17) is 4.74 Å². The van der Waals surface area contributed by atoms with Crippen LogP contribution in [-0.4, -0.2) is 38.3 Å². The number of hydrogen-bond donors (Lipinski definition) is 0. The van der Waals surface area contributed by atoms with Crippen LogP contribution in [0.4, 0.5) is 0 Å². The van der Waals surface area contributed by atoms with Gasteiger partial charge < -0.3 is 9.64 Å². The van der Waals surface area contributed by atoms with E-state index in [1.165, 1.54) is 13.1 Å². The van der Waals surface area contributed by atoms with Crippen molar-refractivity contribution in [3.05, 3.63) is 0 Å². The summed E-state index contributed by atoms with van der Waals surface area (Å²) in [5.41, 5.74) is 0. The lowest BCUT2D eigenvalue weighted by Crippen LogP contribution is -2.52. The lowest BCUT2D eigenvalue weighted by atomic mass is 9.71. The highest BCUT2D eigenvalue weighted by Gasteiger charge is 2.40. The predicted molar refractivity (Wildman–Crippen MR) is 53.6 cm³/mol. The molecule has 2 nitrogen and oxygen atoms in total. The quantitative estimate of drug-likeness (QED) is 0.610. The molecule has 0 aromatic carbocycles. The van der Waals surface area contributed by atoms with Crippen LogP contribution in [0.25, 0.3) is 0 Å². The summed E-state index contributed by atoms with van der Waals surface area (Å²) < 4.78 is 5.64. The highest BCUT2D eigenvalue weighted by Crippen LogP contribution is 2.37. The number of piperidine rings is 1. The number of ether oxygens (including phenoxy) is 1. The number of rotatable bonds is 1. The highest BCUT2D eigenvalue weighted by atomic mass is 16.5. The van der Waals surface area contributed by atoms with Crippen LogP contribution < -0.4 is 0 Å². The van der Waals surface area contributed by atoms with E-state index in [1.807, 2.05) is 0 Å². The third-order valence-corrected chi connectivity index (χ3v) is 3.61. The zero-order chi connectivity index (χ0) is 9.42. The number of likely N-dealkylation sites (tertiary alicyclic amines) is 1. The largest absolute Gasteiger partial charge is 0.381 e. The molecule has 2 aliphatic rings. The van der Waals surface area contributed by atoms with Crippen molar-refractivity contribution >= 4 is 0 Å². The van der Waals surface area contributed by atoms with E-state index in [2.05, 4.69) is 25.8 Å². The lowest BCUT2D eigenvalue weighted by molar-refractivity contribution is -0.0917. The molecular weight excluding hydrogens is 162 g/mol. The van der Waals surface area contributed by atoms with E-state index in [0.29, 0.717) is 0 Å². The lowest BCUT2D eigenvalue weighted by Gasteiger charge is -2.47. The number of nitrogens with zero attached hydrogens (tertiary/aromatic N) is 1. The Morgan fingerprint density at radius 2 is 1.69 bits per heavy atom. The normalized spacial score (nSPS) is 41.1. The molecule has 2 heteroatoms. The molecule has 0 aromatic rings. The molecule has 76 valence electrons. The van der Waals surface area contributed by atoms with Gasteiger partial charge in [0.25, 0.3) is 0 Å². The smallest absolute Gasteiger partial charge is 0.0509 e. The second-order valence-corrected chi connectivity index (χ2v) is 5.10. The molecule has 13 heavy (non-hydrogen) atoms. The molecule has 2 heterocycles. The van der Waals surface area contributed by atoms with Gasteiger partial charge in [0.05, 0.1) is 13.2 Å². The molecule has 2 fully saturated rings. The number of hydrogen-bond acceptors (Lipinski definition) is 2. The summed E-state index contributed by atoms with van der Waals surface area (Å²) in [5.74, 6) is 3.31. The van der Waals surface area contributed by atoms with E-state index in [9.17, 15) is 0 Å². The van der Waals surface area contributed by atoms with Gasteiger partial charge in [-0.2, -0.15) is 0 Å². The first-order valence-electron chi connectivity index (χ1n) is 5.44. The molecule has 0 N–H and O–H groups in total. The van der Waals surface area contributed by atoms with Gasteiger partial charge in [0.2, 0.25) is 0 Å². The van der Waals surface area contributed by atoms with Crippen LogP contribution in [0.3, 0.4) is 0 Å². The maximum atomic E-state index is 5.64. The third-order valence-electron chi connectivity index (χ3n) is 3.61. The average Bonchev–Trinajstić information content (AvgIpc) is 2.01. The Kier molecular flexibility index (Phi) is 2.61. The topological polar surface area (TPSA) is 12.5 Å². The third kappa shape index (κ3) is 1.75. The van der Waals surface area contributed by atoms with Crippen LogP contribution in [-0.2, 0) is 4.74 Å². The van der Waals surface area contributed by atoms with Gasteiger partial charge >= 0.3 is 0 Å². The predicted octanol–water partition coefficient (Wildman–Crippen LogP) is 1.47. The van der Waals surface area contributed by atoms with Gasteiger partial charge in [-0.1, -0.05) is 13.8 Å². The van der Waals surface area contributed by atoms with Crippen LogP contribution >= 0.6 is 0 Å². The molecule has 0 radical (unpaired) electrons. The van der Waals surface area contributed by atoms with Gasteiger partial charge in [0, 0.05) is 13.1 Å². The Hall–Kier alpha value is -0.0800. The first-order valence-corrected chi connectivity index (χ1v) is 5.44. The fraction of sp³-hybridized carbons (Fsp3) is 1.00. The van der Waals surface area contributed by atoms with Gasteiger partial charge in [-0.3, -0.25) is 0 Å². The van der Waals surface area contributed by atoms with E-state index >= 15 is 0 Å². The van der Waals surface area contributed by atoms with E-state index < -0.39 is 0 Å². The zero-order valence-electron chi connectivity index (χ0n) is 8.99. The van der Waals surface area contributed by atoms with Crippen molar-refractivity contribution in [1.29, 1.82) is 0 Å². The fourth-order valence-electron chi connectivity index (χ4n) is 3.29. The van der Waals surface area contributed by atoms with Crippen LogP contribution in [0.5, 0.6) is 0 Å². The van der Waals surface area contributed by atoms with Crippen molar-refractivity contribution in [2.45, 2.75) is 13.8 Å². The Morgan fingerprint density at radius 3 is 2.15 bits per heavy atom. The molecule has 0 aromatic heterocycles. The van der Waals surface area contributed by atoms with Gasteiger partial charge in [0.1, 0.15) is 0 Å². The Morgan fingerprint density at radius 1 is 1.15 bits per heavy atom. The summed E-state index contributed by atoms with van der Waals surface area (Å²) in [7, 11) is 2.24. The molecule has 2 saturated heterocycles. The molecule has 0 amide bonds. The summed E-state index contributed by atoms with van der Waals surface area (Å²) in [4.78, 5) is 2.47. The van der Waals surface area contributed by atoms with Crippen LogP contribution in [0.1, 0.15) is 13.8 Å². The highest BCUT2D eigenvalue weighted by molar-refractivity contribution is 4.89. The Balaban J connectivity index is 2.10. The summed E-state index contributed by atoms with van der Waals surface area (Å²) in [6.45, 7) is 9.18. The monoisotopic (exact) mass is 183 g/mol. The number of fused-ring (bicyclic) bond motifs is 2. The van der Waals surface area contributed by atoms with Crippen molar-refractivity contribution < 1.29 is 4.74 Å². The maximum Gasteiger partial charge on any atom is 0.0509 e. The fourth-order valence-corrected chi connectivity index (χ4v) is 3.29. The minimum atomic E-state index is 0.789. The van der Waals surface area contributed by atoms with E-state index in [-0.39, 0.29) is 0 Å². The molecule has 2 aliphatic heterocycles. The first kappa shape index (κ1) is 9.47. The van der Waals surface area contributed by atoms with Crippen LogP contribution in [0, 0.1) is 23.7 Å². The van der Waals surface area contributed by atoms with Crippen molar-refractivity contribution in [2.75, 3.05) is 33.4 Å². The minimum Gasteiger partial charge on any atom is -0.381 e. The van der Waals surface area contributed by atoms with Crippen molar-refractivity contribution in [3.63, 3.8) is 0 Å². The van der Waals surface area contributed by atoms with Gasteiger partial charge in [-0.15, -0.1) is 0 Å². The molecule has 2 rings (SSSR count). The molecule has 3 atom stereocenters. The molecule has 0 saturated carbocycles. The molecule has 0 spiro atoms. The summed E-state index contributed by atoms with van der Waals surface area (Å²) in [5, 5.41) is 0. The maximum absolute atomic E-state index is 5.64. The first-order chi connectivity index (χ1) is 6.18. The van der Waals surface area contributed by atoms with E-state index in [0.717, 1.165) is 36.9 Å². The molecule has 2 unspecified atom stereocenters. The molecule has 0 aliphatic carbocycles. The summed E-state index contributed by atoms with van der Waals surface area (Å²) >= 11 is 0. The van der Waals surface area contributed by atoms with Crippen molar-refractivity contribution in [1.82, 2.24) is 4.90 Å². The summed E-state index contributed by atoms with van der Waals surface area (Å²) in [6, 6.07) is 0. The Bertz CT molecular complexity index is 167. The van der Waals surface area contributed by atoms with Crippen LogP contribution in [0.15, 0.2) is 0 Å².